The highest BCUT2D eigenvalue weighted by Crippen LogP contribution is 2.28. The van der Waals surface area contributed by atoms with Crippen LogP contribution in [0.5, 0.6) is 5.75 Å². The molecule has 0 amide bonds. The van der Waals surface area contributed by atoms with Gasteiger partial charge in [0.2, 0.25) is 0 Å². The maximum atomic E-state index is 9.49. The van der Waals surface area contributed by atoms with Gasteiger partial charge >= 0.3 is 0 Å². The van der Waals surface area contributed by atoms with Crippen molar-refractivity contribution in [2.24, 2.45) is 0 Å². The smallest absolute Gasteiger partial charge is 0.198 e. The number of benzene rings is 1. The van der Waals surface area contributed by atoms with Gasteiger partial charge in [0.15, 0.2) is 12.4 Å². The van der Waals surface area contributed by atoms with Crippen molar-refractivity contribution in [1.29, 1.82) is 10.5 Å². The molecule has 0 heterocycles. The number of anilines is 1. The van der Waals surface area contributed by atoms with Gasteiger partial charge in [-0.1, -0.05) is 13.0 Å². The Bertz CT molecular complexity index is 400. The number of nitrogens with zero attached hydrogens (tertiary/aromatic N) is 3. The molecule has 4 heteroatoms. The molecular formula is C10H9N3O. The summed E-state index contributed by atoms with van der Waals surface area (Å²) in [5.41, 5.74) is 1.05. The quantitative estimate of drug-likeness (QED) is 0.565. The van der Waals surface area contributed by atoms with E-state index in [1.165, 1.54) is 6.07 Å². The Morgan fingerprint density at radius 2 is 2.00 bits per heavy atom. The Hall–Kier alpha value is -2.20. The third kappa shape index (κ3) is 1.60. The molecule has 4 nitrogen and oxygen atoms in total. The predicted molar refractivity (Wildman–Crippen MR) is 51.2 cm³/mol. The molecule has 0 unspecified atom stereocenters. The first-order chi connectivity index (χ1) is 6.74. The minimum Gasteiger partial charge on any atom is -0.508 e. The molecule has 0 aliphatic carbocycles. The molecule has 0 radical (unpaired) electrons. The standard InChI is InChI=1S/C10H9N3O/c1-2-8-9(13(6-11)7-12)4-3-5-10(8)14/h3-5,14H,2H2,1H3. The molecule has 70 valence electrons. The van der Waals surface area contributed by atoms with Crippen LogP contribution in [0.3, 0.4) is 0 Å². The van der Waals surface area contributed by atoms with E-state index in [9.17, 15) is 5.11 Å². The number of rotatable bonds is 2. The fourth-order valence-electron chi connectivity index (χ4n) is 1.26. The summed E-state index contributed by atoms with van der Waals surface area (Å²) in [6.07, 6.45) is 4.03. The summed E-state index contributed by atoms with van der Waals surface area (Å²) >= 11 is 0. The van der Waals surface area contributed by atoms with Crippen LogP contribution in [-0.2, 0) is 6.42 Å². The van der Waals surface area contributed by atoms with E-state index < -0.39 is 0 Å². The number of phenols is 1. The highest BCUT2D eigenvalue weighted by Gasteiger charge is 2.11. The zero-order valence-electron chi connectivity index (χ0n) is 7.73. The van der Waals surface area contributed by atoms with E-state index in [0.717, 1.165) is 4.90 Å². The molecule has 0 aliphatic heterocycles. The van der Waals surface area contributed by atoms with E-state index in [4.69, 9.17) is 10.5 Å². The molecular weight excluding hydrogens is 178 g/mol. The Balaban J connectivity index is 3.29. The molecule has 0 spiro atoms. The first-order valence-electron chi connectivity index (χ1n) is 4.15. The summed E-state index contributed by atoms with van der Waals surface area (Å²) in [4.78, 5) is 0.874. The van der Waals surface area contributed by atoms with Crippen molar-refractivity contribution in [3.8, 4) is 18.1 Å². The molecule has 1 rings (SSSR count). The third-order valence-electron chi connectivity index (χ3n) is 1.92. The summed E-state index contributed by atoms with van der Waals surface area (Å²) in [6, 6.07) is 4.77. The highest BCUT2D eigenvalue weighted by molar-refractivity contribution is 5.63. The maximum absolute atomic E-state index is 9.49. The summed E-state index contributed by atoms with van der Waals surface area (Å²) in [5, 5.41) is 26.8. The molecule has 1 aromatic rings. The van der Waals surface area contributed by atoms with Crippen molar-refractivity contribution in [3.05, 3.63) is 23.8 Å². The lowest BCUT2D eigenvalue weighted by atomic mass is 10.1. The average molecular weight is 187 g/mol. The van der Waals surface area contributed by atoms with Crippen molar-refractivity contribution in [2.75, 3.05) is 4.90 Å². The van der Waals surface area contributed by atoms with Crippen LogP contribution in [0.25, 0.3) is 0 Å². The fraction of sp³-hybridized carbons (Fsp3) is 0.200. The normalized spacial score (nSPS) is 8.79. The van der Waals surface area contributed by atoms with E-state index in [-0.39, 0.29) is 5.75 Å². The maximum Gasteiger partial charge on any atom is 0.198 e. The van der Waals surface area contributed by atoms with Gasteiger partial charge in [0, 0.05) is 5.56 Å². The van der Waals surface area contributed by atoms with Crippen molar-refractivity contribution < 1.29 is 5.11 Å². The van der Waals surface area contributed by atoms with E-state index in [1.54, 1.807) is 24.5 Å². The lowest BCUT2D eigenvalue weighted by Gasteiger charge is -2.11. The van der Waals surface area contributed by atoms with Crippen LogP contribution in [0, 0.1) is 22.9 Å². The van der Waals surface area contributed by atoms with Gasteiger partial charge < -0.3 is 5.11 Å². The molecule has 1 N–H and O–H groups in total. The zero-order chi connectivity index (χ0) is 10.6. The lowest BCUT2D eigenvalue weighted by molar-refractivity contribution is 0.469. The molecule has 0 saturated heterocycles. The first-order valence-corrected chi connectivity index (χ1v) is 4.15. The van der Waals surface area contributed by atoms with Gasteiger partial charge in [-0.25, -0.2) is 0 Å². The molecule has 0 atom stereocenters. The van der Waals surface area contributed by atoms with E-state index in [1.807, 2.05) is 6.92 Å². The summed E-state index contributed by atoms with van der Waals surface area (Å²) in [6.45, 7) is 1.85. The van der Waals surface area contributed by atoms with Crippen molar-refractivity contribution in [3.63, 3.8) is 0 Å². The summed E-state index contributed by atoms with van der Waals surface area (Å²) in [7, 11) is 0. The summed E-state index contributed by atoms with van der Waals surface area (Å²) in [5.74, 6) is 0.112. The molecule has 0 saturated carbocycles. The Morgan fingerprint density at radius 3 is 2.50 bits per heavy atom. The van der Waals surface area contributed by atoms with Gasteiger partial charge in [-0.15, -0.1) is 0 Å². The second-order valence-electron chi connectivity index (χ2n) is 2.66. The van der Waals surface area contributed by atoms with Crippen LogP contribution in [-0.4, -0.2) is 5.11 Å². The van der Waals surface area contributed by atoms with Crippen molar-refractivity contribution in [1.82, 2.24) is 0 Å². The number of nitriles is 2. The minimum atomic E-state index is 0.112. The van der Waals surface area contributed by atoms with Gasteiger partial charge in [-0.05, 0) is 18.6 Å². The van der Waals surface area contributed by atoms with Gasteiger partial charge in [0.1, 0.15) is 5.75 Å². The SMILES string of the molecule is CCc1c(O)cccc1N(C#N)C#N. The predicted octanol–water partition coefficient (Wildman–Crippen LogP) is 1.72. The van der Waals surface area contributed by atoms with Crippen LogP contribution >= 0.6 is 0 Å². The van der Waals surface area contributed by atoms with Gasteiger partial charge in [-0.3, -0.25) is 0 Å². The van der Waals surface area contributed by atoms with Crippen molar-refractivity contribution >= 4 is 5.69 Å². The first kappa shape index (κ1) is 9.88. The number of hydrogen-bond acceptors (Lipinski definition) is 4. The molecule has 0 fully saturated rings. The van der Waals surface area contributed by atoms with Gasteiger partial charge in [0.25, 0.3) is 0 Å². The van der Waals surface area contributed by atoms with Crippen LogP contribution in [0.4, 0.5) is 5.69 Å². The van der Waals surface area contributed by atoms with Crippen LogP contribution in [0.2, 0.25) is 0 Å². The molecule has 0 aromatic heterocycles. The topological polar surface area (TPSA) is 71.0 Å². The Morgan fingerprint density at radius 1 is 1.36 bits per heavy atom. The average Bonchev–Trinajstić information content (AvgIpc) is 2.20. The third-order valence-corrected chi connectivity index (χ3v) is 1.92. The molecule has 1 aromatic carbocycles. The van der Waals surface area contributed by atoms with Crippen LogP contribution < -0.4 is 4.90 Å². The molecule has 0 aliphatic rings. The largest absolute Gasteiger partial charge is 0.508 e. The molecule has 14 heavy (non-hydrogen) atoms. The van der Waals surface area contributed by atoms with E-state index in [0.29, 0.717) is 17.7 Å². The van der Waals surface area contributed by atoms with E-state index >= 15 is 0 Å². The van der Waals surface area contributed by atoms with Crippen LogP contribution in [0.1, 0.15) is 12.5 Å². The summed E-state index contributed by atoms with van der Waals surface area (Å²) < 4.78 is 0. The van der Waals surface area contributed by atoms with Crippen LogP contribution in [0.15, 0.2) is 18.2 Å². The second-order valence-corrected chi connectivity index (χ2v) is 2.66. The number of hydrogen-bond donors (Lipinski definition) is 1. The van der Waals surface area contributed by atoms with E-state index in [2.05, 4.69) is 0 Å². The fourth-order valence-corrected chi connectivity index (χ4v) is 1.26. The zero-order valence-corrected chi connectivity index (χ0v) is 7.73. The number of phenolic OH excluding ortho intramolecular Hbond substituents is 1. The van der Waals surface area contributed by atoms with Gasteiger partial charge in [0.05, 0.1) is 5.69 Å². The van der Waals surface area contributed by atoms with Gasteiger partial charge in [-0.2, -0.15) is 15.4 Å². The second kappa shape index (κ2) is 4.15. The highest BCUT2D eigenvalue weighted by atomic mass is 16.3. The monoisotopic (exact) mass is 187 g/mol. The minimum absolute atomic E-state index is 0.112. The van der Waals surface area contributed by atoms with Crippen molar-refractivity contribution in [2.45, 2.75) is 13.3 Å². The molecule has 0 bridgehead atoms. The number of aromatic hydroxyl groups is 1. The Kier molecular flexibility index (Phi) is 2.93. The lowest BCUT2D eigenvalue weighted by Crippen LogP contribution is -2.09. The Labute approximate surface area is 82.2 Å².